The second kappa shape index (κ2) is 8.66. The van der Waals surface area contributed by atoms with Crippen molar-refractivity contribution >= 4 is 51.6 Å². The van der Waals surface area contributed by atoms with Gasteiger partial charge in [-0.05, 0) is 41.9 Å². The Morgan fingerprint density at radius 1 is 0.967 bits per heavy atom. The van der Waals surface area contributed by atoms with E-state index < -0.39 is 11.2 Å². The first-order valence-electron chi connectivity index (χ1n) is 9.82. The molecule has 156 valence electrons. The second-order valence-corrected chi connectivity index (χ2v) is 8.27. The number of carbonyl (C=O) groups excluding carboxylic acids is 3. The van der Waals surface area contributed by atoms with Gasteiger partial charge in [-0.15, -0.1) is 0 Å². The SMILES string of the molecule is O=C(Cl)[C@@H]1CC(=O)N(c2ccc(N3CCN(C(=O)c4ccccc4)CC3)c(Cl)c2)C1. The van der Waals surface area contributed by atoms with Gasteiger partial charge in [0.2, 0.25) is 11.1 Å². The van der Waals surface area contributed by atoms with E-state index in [0.29, 0.717) is 42.5 Å². The Labute approximate surface area is 184 Å². The first kappa shape index (κ1) is 20.7. The van der Waals surface area contributed by atoms with Crippen molar-refractivity contribution in [3.8, 4) is 0 Å². The molecule has 0 aromatic heterocycles. The first-order valence-corrected chi connectivity index (χ1v) is 10.6. The summed E-state index contributed by atoms with van der Waals surface area (Å²) in [6.07, 6.45) is 0.124. The van der Waals surface area contributed by atoms with Crippen molar-refractivity contribution in [2.24, 2.45) is 5.92 Å². The van der Waals surface area contributed by atoms with Gasteiger partial charge in [-0.2, -0.15) is 0 Å². The van der Waals surface area contributed by atoms with Crippen LogP contribution in [0.2, 0.25) is 5.02 Å². The van der Waals surface area contributed by atoms with Gasteiger partial charge >= 0.3 is 0 Å². The molecule has 2 aromatic carbocycles. The lowest BCUT2D eigenvalue weighted by Gasteiger charge is -2.36. The Morgan fingerprint density at radius 2 is 1.67 bits per heavy atom. The molecular weight excluding hydrogens is 425 g/mol. The van der Waals surface area contributed by atoms with Crippen LogP contribution in [-0.4, -0.2) is 54.7 Å². The number of rotatable bonds is 4. The molecule has 0 N–H and O–H groups in total. The van der Waals surface area contributed by atoms with E-state index >= 15 is 0 Å². The molecule has 2 aromatic rings. The third-order valence-electron chi connectivity index (χ3n) is 5.62. The molecule has 2 aliphatic heterocycles. The van der Waals surface area contributed by atoms with Crippen LogP contribution in [0.3, 0.4) is 0 Å². The summed E-state index contributed by atoms with van der Waals surface area (Å²) in [5, 5.41) is 0.0419. The number of piperazine rings is 1. The van der Waals surface area contributed by atoms with E-state index in [1.54, 1.807) is 11.0 Å². The van der Waals surface area contributed by atoms with Crippen molar-refractivity contribution in [3.05, 3.63) is 59.1 Å². The largest absolute Gasteiger partial charge is 0.367 e. The molecule has 4 rings (SSSR count). The molecule has 2 aliphatic rings. The molecule has 1 atom stereocenters. The molecule has 0 unspecified atom stereocenters. The maximum atomic E-state index is 12.6. The van der Waals surface area contributed by atoms with Crippen LogP contribution in [0.4, 0.5) is 11.4 Å². The summed E-state index contributed by atoms with van der Waals surface area (Å²) >= 11 is 12.1. The summed E-state index contributed by atoms with van der Waals surface area (Å²) in [6.45, 7) is 2.83. The zero-order valence-corrected chi connectivity index (χ0v) is 17.8. The maximum Gasteiger partial charge on any atom is 0.253 e. The Balaban J connectivity index is 1.42. The van der Waals surface area contributed by atoms with Gasteiger partial charge in [0, 0.05) is 50.4 Å². The van der Waals surface area contributed by atoms with Crippen molar-refractivity contribution in [1.82, 2.24) is 4.90 Å². The highest BCUT2D eigenvalue weighted by Gasteiger charge is 2.34. The van der Waals surface area contributed by atoms with Crippen LogP contribution < -0.4 is 9.80 Å². The molecule has 8 heteroatoms. The molecule has 6 nitrogen and oxygen atoms in total. The third-order valence-corrected chi connectivity index (χ3v) is 6.23. The normalized spacial score (nSPS) is 19.3. The molecule has 0 saturated carbocycles. The molecule has 2 amide bonds. The lowest BCUT2D eigenvalue weighted by molar-refractivity contribution is -0.120. The van der Waals surface area contributed by atoms with E-state index in [-0.39, 0.29) is 24.8 Å². The van der Waals surface area contributed by atoms with Crippen LogP contribution >= 0.6 is 23.2 Å². The Bertz CT molecular complexity index is 975. The molecule has 2 heterocycles. The van der Waals surface area contributed by atoms with E-state index in [0.717, 1.165) is 5.69 Å². The van der Waals surface area contributed by atoms with Gasteiger partial charge < -0.3 is 14.7 Å². The summed E-state index contributed by atoms with van der Waals surface area (Å²) in [4.78, 5) is 41.8. The highest BCUT2D eigenvalue weighted by atomic mass is 35.5. The summed E-state index contributed by atoms with van der Waals surface area (Å²) in [6, 6.07) is 14.7. The average Bonchev–Trinajstić information content (AvgIpc) is 3.16. The van der Waals surface area contributed by atoms with E-state index in [1.165, 1.54) is 0 Å². The Kier molecular flexibility index (Phi) is 5.97. The first-order chi connectivity index (χ1) is 14.4. The molecule has 2 saturated heterocycles. The fraction of sp³-hybridized carbons (Fsp3) is 0.318. The molecule has 0 radical (unpaired) electrons. The third kappa shape index (κ3) is 4.16. The smallest absolute Gasteiger partial charge is 0.253 e. The molecule has 2 fully saturated rings. The van der Waals surface area contributed by atoms with Crippen LogP contribution in [0.25, 0.3) is 0 Å². The number of hydrogen-bond acceptors (Lipinski definition) is 4. The number of amides is 2. The molecule has 0 spiro atoms. The molecule has 30 heavy (non-hydrogen) atoms. The number of nitrogens with zero attached hydrogens (tertiary/aromatic N) is 3. The zero-order chi connectivity index (χ0) is 21.3. The number of carbonyl (C=O) groups is 3. The van der Waals surface area contributed by atoms with Crippen LogP contribution in [0.15, 0.2) is 48.5 Å². The number of halogens is 2. The number of hydrogen-bond donors (Lipinski definition) is 0. The van der Waals surface area contributed by atoms with Crippen LogP contribution in [-0.2, 0) is 9.59 Å². The monoisotopic (exact) mass is 445 g/mol. The number of anilines is 2. The topological polar surface area (TPSA) is 60.9 Å². The lowest BCUT2D eigenvalue weighted by atomic mass is 10.1. The van der Waals surface area contributed by atoms with Crippen molar-refractivity contribution in [1.29, 1.82) is 0 Å². The van der Waals surface area contributed by atoms with Crippen molar-refractivity contribution in [3.63, 3.8) is 0 Å². The summed E-state index contributed by atoms with van der Waals surface area (Å²) in [5.41, 5.74) is 2.22. The quantitative estimate of drug-likeness (QED) is 0.676. The maximum absolute atomic E-state index is 12.6. The molecule has 0 bridgehead atoms. The van der Waals surface area contributed by atoms with Crippen molar-refractivity contribution in [2.75, 3.05) is 42.5 Å². The van der Waals surface area contributed by atoms with E-state index in [9.17, 15) is 14.4 Å². The minimum Gasteiger partial charge on any atom is -0.367 e. The zero-order valence-electron chi connectivity index (χ0n) is 16.3. The highest BCUT2D eigenvalue weighted by molar-refractivity contribution is 6.64. The number of benzene rings is 2. The fourth-order valence-corrected chi connectivity index (χ4v) is 4.38. The van der Waals surface area contributed by atoms with Gasteiger partial charge in [0.05, 0.1) is 16.6 Å². The standard InChI is InChI=1S/C22H21Cl2N3O3/c23-18-13-17(27-14-16(21(24)29)12-20(27)28)6-7-19(18)25-8-10-26(11-9-25)22(30)15-4-2-1-3-5-15/h1-7,13,16H,8-12,14H2/t16-/m1/s1. The van der Waals surface area contributed by atoms with Crippen molar-refractivity contribution < 1.29 is 14.4 Å². The predicted molar refractivity (Wildman–Crippen MR) is 117 cm³/mol. The lowest BCUT2D eigenvalue weighted by Crippen LogP contribution is -2.48. The van der Waals surface area contributed by atoms with E-state index in [1.807, 2.05) is 47.4 Å². The van der Waals surface area contributed by atoms with Gasteiger partial charge in [-0.3, -0.25) is 14.4 Å². The minimum absolute atomic E-state index is 0.0348. The summed E-state index contributed by atoms with van der Waals surface area (Å²) in [5.74, 6) is -0.577. The van der Waals surface area contributed by atoms with E-state index in [2.05, 4.69) is 4.90 Å². The second-order valence-electron chi connectivity index (χ2n) is 7.49. The minimum atomic E-state index is -0.489. The Morgan fingerprint density at radius 3 is 2.27 bits per heavy atom. The summed E-state index contributed by atoms with van der Waals surface area (Å²) in [7, 11) is 0. The Hall–Kier alpha value is -2.57. The van der Waals surface area contributed by atoms with Gasteiger partial charge in [0.15, 0.2) is 0 Å². The predicted octanol–water partition coefficient (Wildman–Crippen LogP) is 3.42. The highest BCUT2D eigenvalue weighted by Crippen LogP contribution is 2.34. The summed E-state index contributed by atoms with van der Waals surface area (Å²) < 4.78 is 0. The van der Waals surface area contributed by atoms with Gasteiger partial charge in [-0.25, -0.2) is 0 Å². The average molecular weight is 446 g/mol. The molecular formula is C22H21Cl2N3O3. The van der Waals surface area contributed by atoms with E-state index in [4.69, 9.17) is 23.2 Å². The molecule has 0 aliphatic carbocycles. The van der Waals surface area contributed by atoms with Gasteiger partial charge in [0.1, 0.15) is 0 Å². The van der Waals surface area contributed by atoms with Crippen molar-refractivity contribution in [2.45, 2.75) is 6.42 Å². The fourth-order valence-electron chi connectivity index (χ4n) is 3.94. The van der Waals surface area contributed by atoms with Crippen LogP contribution in [0.5, 0.6) is 0 Å². The van der Waals surface area contributed by atoms with Gasteiger partial charge in [-0.1, -0.05) is 29.8 Å². The van der Waals surface area contributed by atoms with Gasteiger partial charge in [0.25, 0.3) is 5.91 Å². The van der Waals surface area contributed by atoms with Crippen LogP contribution in [0.1, 0.15) is 16.8 Å². The van der Waals surface area contributed by atoms with Crippen LogP contribution in [0, 0.1) is 5.92 Å².